The summed E-state index contributed by atoms with van der Waals surface area (Å²) in [4.78, 5) is 0. The maximum atomic E-state index is 10.2. The quantitative estimate of drug-likeness (QED) is 0.664. The Hall–Kier alpha value is -0.300. The van der Waals surface area contributed by atoms with E-state index in [0.717, 1.165) is 0 Å². The van der Waals surface area contributed by atoms with E-state index in [1.165, 1.54) is 32.1 Å². The second-order valence-corrected chi connectivity index (χ2v) is 6.82. The van der Waals surface area contributed by atoms with Crippen molar-refractivity contribution in [3.8, 4) is 0 Å². The van der Waals surface area contributed by atoms with E-state index < -0.39 is 5.60 Å². The molecule has 3 atom stereocenters. The van der Waals surface area contributed by atoms with Crippen LogP contribution in [0, 0.1) is 17.3 Å². The fourth-order valence-corrected chi connectivity index (χ4v) is 3.81. The zero-order valence-electron chi connectivity index (χ0n) is 11.2. The zero-order valence-corrected chi connectivity index (χ0v) is 11.2. The average Bonchev–Trinajstić information content (AvgIpc) is 2.15. The van der Waals surface area contributed by atoms with Gasteiger partial charge in [0, 0.05) is 0 Å². The van der Waals surface area contributed by atoms with Crippen LogP contribution in [0.2, 0.25) is 0 Å². The Morgan fingerprint density at radius 1 is 1.35 bits per heavy atom. The Bertz CT molecular complexity index is 297. The molecule has 2 aliphatic carbocycles. The van der Waals surface area contributed by atoms with Crippen LogP contribution < -0.4 is 0 Å². The highest BCUT2D eigenvalue weighted by Crippen LogP contribution is 2.53. The highest BCUT2D eigenvalue weighted by Gasteiger charge is 2.44. The van der Waals surface area contributed by atoms with Crippen molar-refractivity contribution in [2.24, 2.45) is 17.3 Å². The molecule has 0 radical (unpaired) electrons. The second-order valence-electron chi connectivity index (χ2n) is 6.82. The number of rotatable bonds is 1. The number of aliphatic hydroxyl groups is 1. The predicted molar refractivity (Wildman–Crippen MR) is 75.0 cm³/mol. The van der Waals surface area contributed by atoms with Crippen molar-refractivity contribution in [3.05, 3.63) is 11.6 Å². The molecule has 0 amide bonds. The molecule has 17 heavy (non-hydrogen) atoms. The van der Waals surface area contributed by atoms with Crippen LogP contribution in [-0.2, 0) is 0 Å². The average molecular weight is 238 g/mol. The summed E-state index contributed by atoms with van der Waals surface area (Å²) in [7, 11) is 0. The van der Waals surface area contributed by atoms with Crippen LogP contribution in [0.5, 0.6) is 0 Å². The number of hydrogen-bond donors (Lipinski definition) is 1. The lowest BCUT2D eigenvalue weighted by atomic mass is 9.56. The first-order valence-corrected chi connectivity index (χ1v) is 6.72. The lowest BCUT2D eigenvalue weighted by Crippen LogP contribution is -2.43. The minimum absolute atomic E-state index is 0. The Labute approximate surface area is 107 Å². The third-order valence-corrected chi connectivity index (χ3v) is 5.16. The molecule has 1 unspecified atom stereocenters. The molecular weight excluding hydrogens is 208 g/mol. The van der Waals surface area contributed by atoms with Gasteiger partial charge in [-0.25, -0.2) is 0 Å². The Morgan fingerprint density at radius 2 is 2.00 bits per heavy atom. The van der Waals surface area contributed by atoms with Gasteiger partial charge < -0.3 is 5.11 Å². The van der Waals surface area contributed by atoms with E-state index in [1.807, 2.05) is 13.8 Å². The van der Waals surface area contributed by atoms with Gasteiger partial charge in [0.1, 0.15) is 0 Å². The summed E-state index contributed by atoms with van der Waals surface area (Å²) in [6.45, 7) is 8.69. The third kappa shape index (κ3) is 2.76. The molecule has 2 rings (SSSR count). The summed E-state index contributed by atoms with van der Waals surface area (Å²) in [5.74, 6) is 1.19. The first-order valence-electron chi connectivity index (χ1n) is 6.72. The van der Waals surface area contributed by atoms with Gasteiger partial charge in [-0.1, -0.05) is 26.0 Å². The van der Waals surface area contributed by atoms with Crippen LogP contribution in [0.25, 0.3) is 0 Å². The van der Waals surface area contributed by atoms with Gasteiger partial charge in [0.05, 0.1) is 5.60 Å². The van der Waals surface area contributed by atoms with Gasteiger partial charge in [0.15, 0.2) is 0 Å². The highest BCUT2D eigenvalue weighted by molar-refractivity contribution is 5.15. The van der Waals surface area contributed by atoms with Crippen LogP contribution in [-0.4, -0.2) is 10.7 Å². The lowest BCUT2D eigenvalue weighted by molar-refractivity contribution is -0.0373. The van der Waals surface area contributed by atoms with E-state index in [0.29, 0.717) is 17.3 Å². The van der Waals surface area contributed by atoms with Gasteiger partial charge in [-0.2, -0.15) is 0 Å². The molecule has 0 aromatic carbocycles. The maximum Gasteiger partial charge on any atom is 0.0620 e. The normalized spacial score (nSPS) is 37.8. The Kier molecular flexibility index (Phi) is 4.13. The van der Waals surface area contributed by atoms with Gasteiger partial charge in [-0.3, -0.25) is 0 Å². The minimum atomic E-state index is -0.501. The standard InChI is InChI=1S/C15H26O.CH4/c1-11-6-5-8-15(4)9-7-12(10-13(11)15)14(2,3)16;/h6,12-13,16H,5,7-10H2,1-4H3;1H4/t12-,13?,15-;/m1./s1. The van der Waals surface area contributed by atoms with Crippen molar-refractivity contribution in [1.29, 1.82) is 0 Å². The molecular formula is C16H30O. The van der Waals surface area contributed by atoms with Crippen molar-refractivity contribution in [2.75, 3.05) is 0 Å². The molecule has 1 heteroatoms. The van der Waals surface area contributed by atoms with E-state index >= 15 is 0 Å². The summed E-state index contributed by atoms with van der Waals surface area (Å²) < 4.78 is 0. The van der Waals surface area contributed by atoms with Crippen molar-refractivity contribution in [2.45, 2.75) is 72.8 Å². The monoisotopic (exact) mass is 238 g/mol. The van der Waals surface area contributed by atoms with Crippen LogP contribution >= 0.6 is 0 Å². The topological polar surface area (TPSA) is 20.2 Å². The third-order valence-electron chi connectivity index (χ3n) is 5.16. The molecule has 0 saturated heterocycles. The van der Waals surface area contributed by atoms with Gasteiger partial charge in [0.25, 0.3) is 0 Å². The summed E-state index contributed by atoms with van der Waals surface area (Å²) >= 11 is 0. The lowest BCUT2D eigenvalue weighted by Gasteiger charge is -2.49. The molecule has 0 aliphatic heterocycles. The SMILES string of the molecule is C.CC1=CCC[C@]2(C)CC[C@@H](C(C)(C)O)CC12. The predicted octanol–water partition coefficient (Wildman–Crippen LogP) is 4.56. The van der Waals surface area contributed by atoms with E-state index in [9.17, 15) is 5.11 Å². The second kappa shape index (κ2) is 4.76. The van der Waals surface area contributed by atoms with Crippen LogP contribution in [0.15, 0.2) is 11.6 Å². The molecule has 0 bridgehead atoms. The van der Waals surface area contributed by atoms with E-state index in [-0.39, 0.29) is 7.43 Å². The first-order chi connectivity index (χ1) is 7.33. The fraction of sp³-hybridized carbons (Fsp3) is 0.875. The van der Waals surface area contributed by atoms with Crippen molar-refractivity contribution in [1.82, 2.24) is 0 Å². The first kappa shape index (κ1) is 14.8. The number of fused-ring (bicyclic) bond motifs is 1. The Balaban J connectivity index is 0.00000144. The van der Waals surface area contributed by atoms with Gasteiger partial charge in [0.2, 0.25) is 0 Å². The van der Waals surface area contributed by atoms with Gasteiger partial charge in [-0.15, -0.1) is 0 Å². The summed E-state index contributed by atoms with van der Waals surface area (Å²) in [6.07, 6.45) is 8.68. The van der Waals surface area contributed by atoms with Gasteiger partial charge in [-0.05, 0) is 70.1 Å². The molecule has 0 aromatic rings. The molecule has 1 saturated carbocycles. The molecule has 1 fully saturated rings. The molecule has 0 heterocycles. The van der Waals surface area contributed by atoms with Crippen molar-refractivity contribution in [3.63, 3.8) is 0 Å². The highest BCUT2D eigenvalue weighted by atomic mass is 16.3. The smallest absolute Gasteiger partial charge is 0.0620 e. The van der Waals surface area contributed by atoms with Gasteiger partial charge >= 0.3 is 0 Å². The van der Waals surface area contributed by atoms with Crippen LogP contribution in [0.1, 0.15) is 67.2 Å². The van der Waals surface area contributed by atoms with Crippen LogP contribution in [0.4, 0.5) is 0 Å². The molecule has 2 aliphatic rings. The summed E-state index contributed by atoms with van der Waals surface area (Å²) in [6, 6.07) is 0. The van der Waals surface area contributed by atoms with E-state index in [4.69, 9.17) is 0 Å². The largest absolute Gasteiger partial charge is 0.390 e. The Morgan fingerprint density at radius 3 is 2.59 bits per heavy atom. The molecule has 1 N–H and O–H groups in total. The van der Waals surface area contributed by atoms with Crippen LogP contribution in [0.3, 0.4) is 0 Å². The fourth-order valence-electron chi connectivity index (χ4n) is 3.81. The maximum absolute atomic E-state index is 10.2. The van der Waals surface area contributed by atoms with E-state index in [2.05, 4.69) is 19.9 Å². The number of hydrogen-bond acceptors (Lipinski definition) is 1. The molecule has 1 nitrogen and oxygen atoms in total. The molecule has 100 valence electrons. The number of allylic oxidation sites excluding steroid dienone is 2. The minimum Gasteiger partial charge on any atom is -0.390 e. The molecule has 0 spiro atoms. The van der Waals surface area contributed by atoms with E-state index in [1.54, 1.807) is 5.57 Å². The zero-order chi connectivity index (χ0) is 12.0. The van der Waals surface area contributed by atoms with Crippen molar-refractivity contribution >= 4 is 0 Å². The summed E-state index contributed by atoms with van der Waals surface area (Å²) in [5.41, 5.74) is 1.59. The molecule has 0 aromatic heterocycles. The summed E-state index contributed by atoms with van der Waals surface area (Å²) in [5, 5.41) is 10.2. The van der Waals surface area contributed by atoms with Crippen molar-refractivity contribution < 1.29 is 5.11 Å².